The summed E-state index contributed by atoms with van der Waals surface area (Å²) >= 11 is 0. The van der Waals surface area contributed by atoms with Crippen molar-refractivity contribution in [3.05, 3.63) is 47.5 Å². The van der Waals surface area contributed by atoms with Crippen LogP contribution in [0.15, 0.2) is 36.4 Å². The highest BCUT2D eigenvalue weighted by Gasteiger charge is 2.22. The van der Waals surface area contributed by atoms with Gasteiger partial charge in [0, 0.05) is 42.1 Å². The van der Waals surface area contributed by atoms with Crippen LogP contribution in [0.5, 0.6) is 11.5 Å². The zero-order valence-electron chi connectivity index (χ0n) is 16.6. The Balaban J connectivity index is 1.25. The van der Waals surface area contributed by atoms with Gasteiger partial charge in [0.2, 0.25) is 12.7 Å². The lowest BCUT2D eigenvalue weighted by Crippen LogP contribution is -2.42. The fourth-order valence-electron chi connectivity index (χ4n) is 3.83. The number of carbonyl (C=O) groups excluding carboxylic acids is 1. The minimum absolute atomic E-state index is 0.0306. The molecule has 0 radical (unpaired) electrons. The zero-order chi connectivity index (χ0) is 20.2. The molecule has 2 aromatic rings. The van der Waals surface area contributed by atoms with Gasteiger partial charge < -0.3 is 25.2 Å². The summed E-state index contributed by atoms with van der Waals surface area (Å²) < 4.78 is 10.6. The molecule has 0 atom stereocenters. The van der Waals surface area contributed by atoms with Crippen molar-refractivity contribution in [1.82, 2.24) is 4.90 Å². The summed E-state index contributed by atoms with van der Waals surface area (Å²) in [4.78, 5) is 14.6. The van der Waals surface area contributed by atoms with Gasteiger partial charge in [-0.05, 0) is 38.0 Å². The van der Waals surface area contributed by atoms with Gasteiger partial charge in [-0.3, -0.25) is 9.69 Å². The lowest BCUT2D eigenvalue weighted by atomic mass is 10.0. The highest BCUT2D eigenvalue weighted by atomic mass is 16.7. The second-order valence-corrected chi connectivity index (χ2v) is 7.63. The van der Waals surface area contributed by atoms with Gasteiger partial charge in [0.15, 0.2) is 11.5 Å². The van der Waals surface area contributed by atoms with Crippen molar-refractivity contribution >= 4 is 17.3 Å². The highest BCUT2D eigenvalue weighted by molar-refractivity contribution is 5.92. The van der Waals surface area contributed by atoms with Crippen LogP contribution in [0.1, 0.15) is 24.0 Å². The number of nitrogens with one attached hydrogen (secondary N) is 2. The molecule has 7 nitrogen and oxygen atoms in total. The van der Waals surface area contributed by atoms with Crippen molar-refractivity contribution in [2.75, 3.05) is 37.1 Å². The Morgan fingerprint density at radius 1 is 1.14 bits per heavy atom. The van der Waals surface area contributed by atoms with Crippen molar-refractivity contribution in [2.45, 2.75) is 32.4 Å². The Labute approximate surface area is 170 Å². The Bertz CT molecular complexity index is 878. The standard InChI is InChI=1S/C22H27N3O4/c1-15-2-4-19(16(10-15)13-26)23-17-6-8-25(9-7-17)12-22(27)24-18-3-5-20-21(11-18)29-14-28-20/h2-5,10-11,17,23,26H,6-9,12-14H2,1H3,(H,24,27). The molecule has 3 N–H and O–H groups in total. The third kappa shape index (κ3) is 4.81. The molecule has 0 spiro atoms. The third-order valence-corrected chi connectivity index (χ3v) is 5.40. The number of hydrogen-bond acceptors (Lipinski definition) is 6. The van der Waals surface area contributed by atoms with Gasteiger partial charge in [-0.25, -0.2) is 0 Å². The molecule has 1 saturated heterocycles. The van der Waals surface area contributed by atoms with Gasteiger partial charge in [-0.1, -0.05) is 17.7 Å². The van der Waals surface area contributed by atoms with E-state index >= 15 is 0 Å². The lowest BCUT2D eigenvalue weighted by molar-refractivity contribution is -0.117. The van der Waals surface area contributed by atoms with Gasteiger partial charge in [-0.2, -0.15) is 0 Å². The summed E-state index contributed by atoms with van der Waals surface area (Å²) in [6, 6.07) is 11.9. The van der Waals surface area contributed by atoms with Crippen molar-refractivity contribution in [3.8, 4) is 11.5 Å². The molecule has 0 unspecified atom stereocenters. The second-order valence-electron chi connectivity index (χ2n) is 7.63. The van der Waals surface area contributed by atoms with Crippen molar-refractivity contribution in [1.29, 1.82) is 0 Å². The number of aryl methyl sites for hydroxylation is 1. The predicted octanol–water partition coefficient (Wildman–Crippen LogP) is 2.73. The number of hydrogen-bond donors (Lipinski definition) is 3. The van der Waals surface area contributed by atoms with Crippen LogP contribution in [-0.2, 0) is 11.4 Å². The number of rotatable bonds is 6. The fraction of sp³-hybridized carbons (Fsp3) is 0.409. The van der Waals surface area contributed by atoms with Crippen LogP contribution in [0, 0.1) is 6.92 Å². The highest BCUT2D eigenvalue weighted by Crippen LogP contribution is 2.34. The molecule has 2 aromatic carbocycles. The number of likely N-dealkylation sites (tertiary alicyclic amines) is 1. The van der Waals surface area contributed by atoms with Crippen LogP contribution in [0.4, 0.5) is 11.4 Å². The smallest absolute Gasteiger partial charge is 0.238 e. The maximum Gasteiger partial charge on any atom is 0.238 e. The molecule has 1 fully saturated rings. The predicted molar refractivity (Wildman–Crippen MR) is 111 cm³/mol. The summed E-state index contributed by atoms with van der Waals surface area (Å²) in [6.07, 6.45) is 1.91. The normalized spacial score (nSPS) is 16.6. The maximum atomic E-state index is 12.4. The summed E-state index contributed by atoms with van der Waals surface area (Å²) in [5.74, 6) is 1.33. The molecule has 7 heteroatoms. The van der Waals surface area contributed by atoms with E-state index in [-0.39, 0.29) is 19.3 Å². The van der Waals surface area contributed by atoms with Gasteiger partial charge in [0.05, 0.1) is 13.2 Å². The van der Waals surface area contributed by atoms with Crippen molar-refractivity contribution in [2.24, 2.45) is 0 Å². The molecule has 0 aromatic heterocycles. The Morgan fingerprint density at radius 3 is 2.72 bits per heavy atom. The minimum atomic E-state index is -0.0311. The van der Waals surface area contributed by atoms with Crippen LogP contribution >= 0.6 is 0 Å². The summed E-state index contributed by atoms with van der Waals surface area (Å²) in [7, 11) is 0. The first-order chi connectivity index (χ1) is 14.1. The molecular weight excluding hydrogens is 370 g/mol. The van der Waals surface area contributed by atoms with Crippen LogP contribution in [-0.4, -0.2) is 48.4 Å². The second kappa shape index (κ2) is 8.71. The van der Waals surface area contributed by atoms with E-state index < -0.39 is 0 Å². The molecule has 2 heterocycles. The Morgan fingerprint density at radius 2 is 1.93 bits per heavy atom. The Hall–Kier alpha value is -2.77. The number of carbonyl (C=O) groups is 1. The zero-order valence-corrected chi connectivity index (χ0v) is 16.6. The van der Waals surface area contributed by atoms with E-state index in [2.05, 4.69) is 21.6 Å². The van der Waals surface area contributed by atoms with E-state index in [1.807, 2.05) is 25.1 Å². The van der Waals surface area contributed by atoms with E-state index in [1.165, 1.54) is 0 Å². The molecule has 0 bridgehead atoms. The minimum Gasteiger partial charge on any atom is -0.454 e. The van der Waals surface area contributed by atoms with E-state index in [4.69, 9.17) is 9.47 Å². The molecule has 2 aliphatic heterocycles. The summed E-state index contributed by atoms with van der Waals surface area (Å²) in [5.41, 5.74) is 3.78. The number of piperidine rings is 1. The molecule has 29 heavy (non-hydrogen) atoms. The SMILES string of the molecule is Cc1ccc(NC2CCN(CC(=O)Nc3ccc4c(c3)OCO4)CC2)c(CO)c1. The number of anilines is 2. The first kappa shape index (κ1) is 19.5. The number of aliphatic hydroxyl groups excluding tert-OH is 1. The molecule has 4 rings (SSSR count). The number of aliphatic hydroxyl groups is 1. The van der Waals surface area contributed by atoms with Crippen molar-refractivity contribution in [3.63, 3.8) is 0 Å². The summed E-state index contributed by atoms with van der Waals surface area (Å²) in [5, 5.41) is 16.1. The fourth-order valence-corrected chi connectivity index (χ4v) is 3.83. The number of nitrogens with zero attached hydrogens (tertiary/aromatic N) is 1. The van der Waals surface area contributed by atoms with Gasteiger partial charge in [-0.15, -0.1) is 0 Å². The van der Waals surface area contributed by atoms with Gasteiger partial charge in [0.25, 0.3) is 0 Å². The maximum absolute atomic E-state index is 12.4. The number of fused-ring (bicyclic) bond motifs is 1. The van der Waals surface area contributed by atoms with Crippen molar-refractivity contribution < 1.29 is 19.4 Å². The summed E-state index contributed by atoms with van der Waals surface area (Å²) in [6.45, 7) is 4.35. The lowest BCUT2D eigenvalue weighted by Gasteiger charge is -2.32. The van der Waals surface area contributed by atoms with E-state index in [9.17, 15) is 9.90 Å². The number of amides is 1. The molecule has 154 valence electrons. The van der Waals surface area contributed by atoms with Crippen LogP contribution < -0.4 is 20.1 Å². The first-order valence-corrected chi connectivity index (χ1v) is 9.99. The quantitative estimate of drug-likeness (QED) is 0.695. The number of ether oxygens (including phenoxy) is 2. The molecule has 0 aliphatic carbocycles. The average molecular weight is 397 g/mol. The van der Waals surface area contributed by atoms with E-state index in [0.717, 1.165) is 42.7 Å². The monoisotopic (exact) mass is 397 g/mol. The van der Waals surface area contributed by atoms with Crippen LogP contribution in [0.3, 0.4) is 0 Å². The molecule has 0 saturated carbocycles. The first-order valence-electron chi connectivity index (χ1n) is 9.99. The van der Waals surface area contributed by atoms with Gasteiger partial charge in [0.1, 0.15) is 0 Å². The van der Waals surface area contributed by atoms with E-state index in [0.29, 0.717) is 29.8 Å². The Kier molecular flexibility index (Phi) is 5.87. The molecule has 2 aliphatic rings. The third-order valence-electron chi connectivity index (χ3n) is 5.40. The average Bonchev–Trinajstić information content (AvgIpc) is 3.18. The van der Waals surface area contributed by atoms with Gasteiger partial charge >= 0.3 is 0 Å². The largest absolute Gasteiger partial charge is 0.454 e. The molecular formula is C22H27N3O4. The van der Waals surface area contributed by atoms with Crippen LogP contribution in [0.2, 0.25) is 0 Å². The molecule has 1 amide bonds. The topological polar surface area (TPSA) is 83.1 Å². The number of benzene rings is 2. The van der Waals surface area contributed by atoms with Crippen LogP contribution in [0.25, 0.3) is 0 Å². The van der Waals surface area contributed by atoms with E-state index in [1.54, 1.807) is 12.1 Å².